The summed E-state index contributed by atoms with van der Waals surface area (Å²) >= 11 is 1.48. The standard InChI is InChI=1S/C12H18N2O3S/c1-8-10(11(15)16-2)14-12(18-8)13-6-5-9-4-3-7-17-9/h9H,3-7H2,1-2H3,(H,13,14). The van der Waals surface area contributed by atoms with Gasteiger partial charge in [0, 0.05) is 18.0 Å². The van der Waals surface area contributed by atoms with E-state index in [-0.39, 0.29) is 5.97 Å². The monoisotopic (exact) mass is 270 g/mol. The number of hydrogen-bond donors (Lipinski definition) is 1. The zero-order valence-electron chi connectivity index (χ0n) is 10.7. The van der Waals surface area contributed by atoms with Gasteiger partial charge in [0.2, 0.25) is 0 Å². The second-order valence-corrected chi connectivity index (χ2v) is 5.47. The van der Waals surface area contributed by atoms with E-state index in [4.69, 9.17) is 4.74 Å². The van der Waals surface area contributed by atoms with Crippen molar-refractivity contribution in [1.82, 2.24) is 4.98 Å². The number of thiazole rings is 1. The van der Waals surface area contributed by atoms with Gasteiger partial charge in [0.25, 0.3) is 0 Å². The molecule has 1 atom stereocenters. The third kappa shape index (κ3) is 3.20. The van der Waals surface area contributed by atoms with Crippen molar-refractivity contribution >= 4 is 22.4 Å². The van der Waals surface area contributed by atoms with Crippen molar-refractivity contribution in [1.29, 1.82) is 0 Å². The second-order valence-electron chi connectivity index (χ2n) is 4.27. The van der Waals surface area contributed by atoms with Crippen molar-refractivity contribution in [2.45, 2.75) is 32.3 Å². The van der Waals surface area contributed by atoms with Gasteiger partial charge in [-0.3, -0.25) is 0 Å². The van der Waals surface area contributed by atoms with Crippen LogP contribution in [-0.4, -0.2) is 37.3 Å². The number of nitrogens with one attached hydrogen (secondary N) is 1. The fourth-order valence-electron chi connectivity index (χ4n) is 1.97. The van der Waals surface area contributed by atoms with E-state index in [0.29, 0.717) is 11.8 Å². The molecule has 0 saturated carbocycles. The summed E-state index contributed by atoms with van der Waals surface area (Å²) in [6.07, 6.45) is 3.66. The summed E-state index contributed by atoms with van der Waals surface area (Å²) in [7, 11) is 1.37. The molecule has 1 aliphatic heterocycles. The maximum Gasteiger partial charge on any atom is 0.357 e. The molecule has 1 fully saturated rings. The van der Waals surface area contributed by atoms with E-state index in [1.807, 2.05) is 6.92 Å². The number of methoxy groups -OCH3 is 1. The molecule has 1 aliphatic rings. The van der Waals surface area contributed by atoms with Crippen LogP contribution in [0.1, 0.15) is 34.6 Å². The highest BCUT2D eigenvalue weighted by atomic mass is 32.1. The smallest absolute Gasteiger partial charge is 0.357 e. The molecular formula is C12H18N2O3S. The van der Waals surface area contributed by atoms with Crippen LogP contribution < -0.4 is 5.32 Å². The Morgan fingerprint density at radius 2 is 2.50 bits per heavy atom. The summed E-state index contributed by atoms with van der Waals surface area (Å²) in [6.45, 7) is 3.57. The molecule has 0 aromatic carbocycles. The van der Waals surface area contributed by atoms with Crippen LogP contribution in [0.2, 0.25) is 0 Å². The molecule has 1 unspecified atom stereocenters. The molecule has 1 aromatic heterocycles. The first-order valence-corrected chi connectivity index (χ1v) is 6.93. The number of carbonyl (C=O) groups is 1. The number of nitrogens with zero attached hydrogens (tertiary/aromatic N) is 1. The lowest BCUT2D eigenvalue weighted by atomic mass is 10.2. The number of ether oxygens (including phenoxy) is 2. The van der Waals surface area contributed by atoms with Crippen molar-refractivity contribution < 1.29 is 14.3 Å². The molecule has 5 nitrogen and oxygen atoms in total. The number of rotatable bonds is 5. The van der Waals surface area contributed by atoms with Crippen LogP contribution in [-0.2, 0) is 9.47 Å². The van der Waals surface area contributed by atoms with Crippen molar-refractivity contribution in [2.75, 3.05) is 25.6 Å². The summed E-state index contributed by atoms with van der Waals surface area (Å²) < 4.78 is 10.2. The summed E-state index contributed by atoms with van der Waals surface area (Å²) in [6, 6.07) is 0. The van der Waals surface area contributed by atoms with Gasteiger partial charge in [0.05, 0.1) is 13.2 Å². The first-order chi connectivity index (χ1) is 8.70. The maximum absolute atomic E-state index is 11.4. The van der Waals surface area contributed by atoms with Crippen LogP contribution in [0.5, 0.6) is 0 Å². The van der Waals surface area contributed by atoms with E-state index >= 15 is 0 Å². The maximum atomic E-state index is 11.4. The van der Waals surface area contributed by atoms with Gasteiger partial charge in [-0.25, -0.2) is 9.78 Å². The number of hydrogen-bond acceptors (Lipinski definition) is 6. The van der Waals surface area contributed by atoms with Gasteiger partial charge in [0.15, 0.2) is 10.8 Å². The molecule has 2 rings (SSSR count). The normalized spacial score (nSPS) is 18.9. The van der Waals surface area contributed by atoms with Gasteiger partial charge < -0.3 is 14.8 Å². The minimum atomic E-state index is -0.379. The summed E-state index contributed by atoms with van der Waals surface area (Å²) in [5, 5.41) is 4.00. The average molecular weight is 270 g/mol. The molecular weight excluding hydrogens is 252 g/mol. The Labute approximate surface area is 111 Å². The lowest BCUT2D eigenvalue weighted by Gasteiger charge is -2.08. The fourth-order valence-corrected chi connectivity index (χ4v) is 2.80. The molecule has 18 heavy (non-hydrogen) atoms. The Kier molecular flexibility index (Phi) is 4.54. The average Bonchev–Trinajstić information content (AvgIpc) is 2.98. The third-order valence-corrected chi connectivity index (χ3v) is 3.87. The Morgan fingerprint density at radius 3 is 3.17 bits per heavy atom. The van der Waals surface area contributed by atoms with Crippen LogP contribution in [0.15, 0.2) is 0 Å². The number of anilines is 1. The lowest BCUT2D eigenvalue weighted by molar-refractivity contribution is 0.0594. The number of esters is 1. The van der Waals surface area contributed by atoms with Gasteiger partial charge in [-0.1, -0.05) is 0 Å². The minimum Gasteiger partial charge on any atom is -0.464 e. The summed E-state index contributed by atoms with van der Waals surface area (Å²) in [5.41, 5.74) is 0.405. The molecule has 6 heteroatoms. The number of aromatic nitrogens is 1. The Morgan fingerprint density at radius 1 is 1.67 bits per heavy atom. The largest absolute Gasteiger partial charge is 0.464 e. The van der Waals surface area contributed by atoms with E-state index in [1.165, 1.54) is 18.4 Å². The van der Waals surface area contributed by atoms with Gasteiger partial charge in [0.1, 0.15) is 0 Å². The van der Waals surface area contributed by atoms with E-state index in [9.17, 15) is 4.79 Å². The highest BCUT2D eigenvalue weighted by Gasteiger charge is 2.17. The van der Waals surface area contributed by atoms with Crippen molar-refractivity contribution in [2.24, 2.45) is 0 Å². The lowest BCUT2D eigenvalue weighted by Crippen LogP contribution is -2.12. The highest BCUT2D eigenvalue weighted by molar-refractivity contribution is 7.15. The van der Waals surface area contributed by atoms with Crippen molar-refractivity contribution in [3.63, 3.8) is 0 Å². The predicted molar refractivity (Wildman–Crippen MR) is 70.3 cm³/mol. The Hall–Kier alpha value is -1.14. The summed E-state index contributed by atoms with van der Waals surface area (Å²) in [4.78, 5) is 16.5. The SMILES string of the molecule is COC(=O)c1nc(NCCC2CCCO2)sc1C. The van der Waals surface area contributed by atoms with E-state index < -0.39 is 0 Å². The van der Waals surface area contributed by atoms with Gasteiger partial charge in [-0.05, 0) is 26.2 Å². The van der Waals surface area contributed by atoms with Crippen LogP contribution >= 0.6 is 11.3 Å². The molecule has 1 N–H and O–H groups in total. The van der Waals surface area contributed by atoms with Crippen molar-refractivity contribution in [3.8, 4) is 0 Å². The Bertz CT molecular complexity index is 413. The highest BCUT2D eigenvalue weighted by Crippen LogP contribution is 2.23. The zero-order valence-corrected chi connectivity index (χ0v) is 11.5. The van der Waals surface area contributed by atoms with E-state index in [0.717, 1.165) is 42.4 Å². The Balaban J connectivity index is 1.83. The molecule has 2 heterocycles. The molecule has 0 radical (unpaired) electrons. The first-order valence-electron chi connectivity index (χ1n) is 6.12. The van der Waals surface area contributed by atoms with Gasteiger partial charge in [-0.15, -0.1) is 11.3 Å². The third-order valence-electron chi connectivity index (χ3n) is 2.94. The predicted octanol–water partition coefficient (Wildman–Crippen LogP) is 2.22. The van der Waals surface area contributed by atoms with Crippen LogP contribution in [0, 0.1) is 6.92 Å². The molecule has 0 spiro atoms. The summed E-state index contributed by atoms with van der Waals surface area (Å²) in [5.74, 6) is -0.379. The molecule has 0 bridgehead atoms. The molecule has 0 amide bonds. The first kappa shape index (κ1) is 13.3. The molecule has 0 aliphatic carbocycles. The van der Waals surface area contributed by atoms with Crippen LogP contribution in [0.3, 0.4) is 0 Å². The topological polar surface area (TPSA) is 60.5 Å². The van der Waals surface area contributed by atoms with Gasteiger partial charge in [-0.2, -0.15) is 0 Å². The van der Waals surface area contributed by atoms with Crippen LogP contribution in [0.25, 0.3) is 0 Å². The molecule has 1 saturated heterocycles. The molecule has 100 valence electrons. The second kappa shape index (κ2) is 6.15. The quantitative estimate of drug-likeness (QED) is 0.831. The number of aryl methyl sites for hydroxylation is 1. The van der Waals surface area contributed by atoms with Crippen molar-refractivity contribution in [3.05, 3.63) is 10.6 Å². The van der Waals surface area contributed by atoms with E-state index in [2.05, 4.69) is 15.0 Å². The zero-order chi connectivity index (χ0) is 13.0. The fraction of sp³-hybridized carbons (Fsp3) is 0.667. The molecule has 1 aromatic rings. The van der Waals surface area contributed by atoms with E-state index in [1.54, 1.807) is 0 Å². The number of carbonyl (C=O) groups excluding carboxylic acids is 1. The minimum absolute atomic E-state index is 0.374. The van der Waals surface area contributed by atoms with Crippen LogP contribution in [0.4, 0.5) is 5.13 Å². The van der Waals surface area contributed by atoms with Gasteiger partial charge >= 0.3 is 5.97 Å².